The lowest BCUT2D eigenvalue weighted by Crippen LogP contribution is -2.49. The van der Waals surface area contributed by atoms with Gasteiger partial charge in [-0.2, -0.15) is 0 Å². The molecular formula is C10H16N2O5S. The van der Waals surface area contributed by atoms with E-state index in [1.54, 1.807) is 0 Å². The van der Waals surface area contributed by atoms with Gasteiger partial charge in [0.15, 0.2) is 9.84 Å². The van der Waals surface area contributed by atoms with Gasteiger partial charge in [-0.15, -0.1) is 0 Å². The van der Waals surface area contributed by atoms with E-state index in [4.69, 9.17) is 5.11 Å². The number of likely N-dealkylation sites (tertiary alicyclic amines) is 1. The van der Waals surface area contributed by atoms with Crippen LogP contribution in [0.15, 0.2) is 0 Å². The van der Waals surface area contributed by atoms with Crippen molar-refractivity contribution in [3.63, 3.8) is 0 Å². The molecule has 0 aromatic carbocycles. The van der Waals surface area contributed by atoms with Gasteiger partial charge in [-0.25, -0.2) is 18.0 Å². The number of sulfone groups is 1. The predicted octanol–water partition coefficient (Wildman–Crippen LogP) is -0.568. The number of rotatable bonds is 2. The average Bonchev–Trinajstić information content (AvgIpc) is 2.84. The van der Waals surface area contributed by atoms with Crippen molar-refractivity contribution in [3.05, 3.63) is 0 Å². The highest BCUT2D eigenvalue weighted by atomic mass is 32.2. The molecule has 0 aromatic heterocycles. The molecule has 2 aliphatic heterocycles. The number of carboxylic acids is 1. The van der Waals surface area contributed by atoms with Gasteiger partial charge in [-0.1, -0.05) is 0 Å². The molecule has 2 fully saturated rings. The van der Waals surface area contributed by atoms with E-state index in [0.29, 0.717) is 25.8 Å². The second-order valence-corrected chi connectivity index (χ2v) is 6.97. The van der Waals surface area contributed by atoms with E-state index in [1.807, 2.05) is 0 Å². The summed E-state index contributed by atoms with van der Waals surface area (Å²) in [6.07, 6.45) is 1.51. The molecule has 0 aliphatic carbocycles. The summed E-state index contributed by atoms with van der Waals surface area (Å²) in [5.41, 5.74) is 0. The first-order chi connectivity index (χ1) is 8.39. The highest BCUT2D eigenvalue weighted by Crippen LogP contribution is 2.18. The maximum Gasteiger partial charge on any atom is 0.326 e. The van der Waals surface area contributed by atoms with Crippen molar-refractivity contribution in [2.45, 2.75) is 31.3 Å². The summed E-state index contributed by atoms with van der Waals surface area (Å²) < 4.78 is 22.5. The van der Waals surface area contributed by atoms with E-state index in [2.05, 4.69) is 5.32 Å². The fourth-order valence-corrected chi connectivity index (χ4v) is 4.11. The van der Waals surface area contributed by atoms with Crippen LogP contribution in [-0.4, -0.2) is 60.6 Å². The largest absolute Gasteiger partial charge is 0.480 e. The number of nitrogens with one attached hydrogen (secondary N) is 1. The minimum absolute atomic E-state index is 0.0513. The molecule has 2 saturated heterocycles. The Hall–Kier alpha value is -1.31. The number of aliphatic carboxylic acids is 1. The standard InChI is InChI=1S/C10H16N2O5S/c13-9(14)8-2-1-4-12(8)10(15)11-7-3-5-18(16,17)6-7/h7-8H,1-6H2,(H,11,15)(H,13,14)/t7?,8-/m1/s1. The first-order valence-corrected chi connectivity index (χ1v) is 7.71. The van der Waals surface area contributed by atoms with Crippen LogP contribution in [0.25, 0.3) is 0 Å². The third kappa shape index (κ3) is 2.74. The van der Waals surface area contributed by atoms with Crippen LogP contribution < -0.4 is 5.32 Å². The smallest absolute Gasteiger partial charge is 0.326 e. The van der Waals surface area contributed by atoms with Gasteiger partial charge in [0, 0.05) is 12.6 Å². The van der Waals surface area contributed by atoms with Crippen molar-refractivity contribution in [2.75, 3.05) is 18.1 Å². The molecule has 2 rings (SSSR count). The van der Waals surface area contributed by atoms with E-state index in [9.17, 15) is 18.0 Å². The number of urea groups is 1. The summed E-state index contributed by atoms with van der Waals surface area (Å²) in [5.74, 6) is -0.980. The molecule has 0 aromatic rings. The van der Waals surface area contributed by atoms with Gasteiger partial charge in [0.1, 0.15) is 6.04 Å². The number of carbonyl (C=O) groups excluding carboxylic acids is 1. The van der Waals surface area contributed by atoms with E-state index in [0.717, 1.165) is 0 Å². The van der Waals surface area contributed by atoms with Crippen LogP contribution in [-0.2, 0) is 14.6 Å². The van der Waals surface area contributed by atoms with Crippen LogP contribution in [0.4, 0.5) is 4.79 Å². The summed E-state index contributed by atoms with van der Waals surface area (Å²) in [6, 6.07) is -1.65. The van der Waals surface area contributed by atoms with Crippen molar-refractivity contribution in [3.8, 4) is 0 Å². The Morgan fingerprint density at radius 3 is 2.56 bits per heavy atom. The second-order valence-electron chi connectivity index (χ2n) is 4.74. The molecule has 0 bridgehead atoms. The highest BCUT2D eigenvalue weighted by molar-refractivity contribution is 7.91. The van der Waals surface area contributed by atoms with Crippen LogP contribution in [0.1, 0.15) is 19.3 Å². The Bertz CT molecular complexity index is 461. The molecule has 1 unspecified atom stereocenters. The Balaban J connectivity index is 1.94. The Labute approximate surface area is 105 Å². The van der Waals surface area contributed by atoms with Gasteiger partial charge in [-0.05, 0) is 19.3 Å². The SMILES string of the molecule is O=C(O)[C@H]1CCCN1C(=O)NC1CCS(=O)(=O)C1. The molecule has 18 heavy (non-hydrogen) atoms. The summed E-state index contributed by atoms with van der Waals surface area (Å²) in [5, 5.41) is 11.6. The molecule has 2 heterocycles. The van der Waals surface area contributed by atoms with Crippen molar-refractivity contribution in [2.24, 2.45) is 0 Å². The fraction of sp³-hybridized carbons (Fsp3) is 0.800. The summed E-state index contributed by atoms with van der Waals surface area (Å²) in [4.78, 5) is 24.1. The zero-order valence-electron chi connectivity index (χ0n) is 9.83. The molecule has 2 aliphatic rings. The molecule has 2 atom stereocenters. The van der Waals surface area contributed by atoms with E-state index in [-0.39, 0.29) is 11.5 Å². The molecule has 2 N–H and O–H groups in total. The summed E-state index contributed by atoms with van der Waals surface area (Å²) >= 11 is 0. The number of hydrogen-bond acceptors (Lipinski definition) is 4. The molecule has 8 heteroatoms. The first kappa shape index (κ1) is 13.1. The van der Waals surface area contributed by atoms with Gasteiger partial charge < -0.3 is 15.3 Å². The van der Waals surface area contributed by atoms with Gasteiger partial charge in [0.2, 0.25) is 0 Å². The minimum atomic E-state index is -3.04. The van der Waals surface area contributed by atoms with Crippen molar-refractivity contribution >= 4 is 21.8 Å². The fourth-order valence-electron chi connectivity index (χ4n) is 2.43. The second kappa shape index (κ2) is 4.75. The van der Waals surface area contributed by atoms with E-state index < -0.39 is 33.9 Å². The monoisotopic (exact) mass is 276 g/mol. The lowest BCUT2D eigenvalue weighted by atomic mass is 10.2. The first-order valence-electron chi connectivity index (χ1n) is 5.89. The third-order valence-corrected chi connectivity index (χ3v) is 5.13. The maximum atomic E-state index is 11.9. The van der Waals surface area contributed by atoms with Gasteiger partial charge in [-0.3, -0.25) is 0 Å². The van der Waals surface area contributed by atoms with Crippen LogP contribution in [0.5, 0.6) is 0 Å². The molecule has 102 valence electrons. The summed E-state index contributed by atoms with van der Waals surface area (Å²) in [6.45, 7) is 0.405. The molecule has 7 nitrogen and oxygen atoms in total. The predicted molar refractivity (Wildman–Crippen MR) is 63.0 cm³/mol. The molecule has 0 radical (unpaired) electrons. The molecular weight excluding hydrogens is 260 g/mol. The zero-order valence-corrected chi connectivity index (χ0v) is 10.6. The van der Waals surface area contributed by atoms with E-state index in [1.165, 1.54) is 4.90 Å². The van der Waals surface area contributed by atoms with Crippen molar-refractivity contribution in [1.82, 2.24) is 10.2 Å². The van der Waals surface area contributed by atoms with Crippen LogP contribution in [0, 0.1) is 0 Å². The Morgan fingerprint density at radius 2 is 2.00 bits per heavy atom. The molecule has 0 saturated carbocycles. The van der Waals surface area contributed by atoms with Gasteiger partial charge >= 0.3 is 12.0 Å². The van der Waals surface area contributed by atoms with Crippen LogP contribution in [0.3, 0.4) is 0 Å². The highest BCUT2D eigenvalue weighted by Gasteiger charge is 2.36. The zero-order chi connectivity index (χ0) is 13.3. The van der Waals surface area contributed by atoms with Crippen LogP contribution >= 0.6 is 0 Å². The Morgan fingerprint density at radius 1 is 1.28 bits per heavy atom. The maximum absolute atomic E-state index is 11.9. The van der Waals surface area contributed by atoms with E-state index >= 15 is 0 Å². The van der Waals surface area contributed by atoms with Gasteiger partial charge in [0.25, 0.3) is 0 Å². The third-order valence-electron chi connectivity index (χ3n) is 3.36. The minimum Gasteiger partial charge on any atom is -0.480 e. The summed E-state index contributed by atoms with van der Waals surface area (Å²) in [7, 11) is -3.04. The number of hydrogen-bond donors (Lipinski definition) is 2. The quantitative estimate of drug-likeness (QED) is 0.703. The number of amides is 2. The normalized spacial score (nSPS) is 30.3. The Kier molecular flexibility index (Phi) is 3.47. The molecule has 2 amide bonds. The van der Waals surface area contributed by atoms with Crippen molar-refractivity contribution < 1.29 is 23.1 Å². The average molecular weight is 276 g/mol. The van der Waals surface area contributed by atoms with Crippen molar-refractivity contribution in [1.29, 1.82) is 0 Å². The number of carboxylic acid groups (broad SMARTS) is 1. The lowest BCUT2D eigenvalue weighted by Gasteiger charge is -2.23. The number of nitrogens with zero attached hydrogens (tertiary/aromatic N) is 1. The topological polar surface area (TPSA) is 104 Å². The number of carbonyl (C=O) groups is 2. The van der Waals surface area contributed by atoms with Crippen LogP contribution in [0.2, 0.25) is 0 Å². The lowest BCUT2D eigenvalue weighted by molar-refractivity contribution is -0.141. The molecule has 0 spiro atoms. The van der Waals surface area contributed by atoms with Gasteiger partial charge in [0.05, 0.1) is 11.5 Å².